The smallest absolute Gasteiger partial charge is 0.417 e. The highest BCUT2D eigenvalue weighted by atomic mass is 79.9. The van der Waals surface area contributed by atoms with Crippen LogP contribution < -0.4 is 0 Å². The van der Waals surface area contributed by atoms with Crippen molar-refractivity contribution in [2.45, 2.75) is 45.6 Å². The van der Waals surface area contributed by atoms with Crippen molar-refractivity contribution in [3.63, 3.8) is 0 Å². The van der Waals surface area contributed by atoms with Crippen LogP contribution in [0.5, 0.6) is 0 Å². The van der Waals surface area contributed by atoms with Gasteiger partial charge in [-0.1, -0.05) is 0 Å². The number of carbonyl (C=O) groups is 2. The normalized spacial score (nSPS) is 19.3. The van der Waals surface area contributed by atoms with Crippen LogP contribution in [-0.2, 0) is 22.4 Å². The van der Waals surface area contributed by atoms with Crippen LogP contribution >= 0.6 is 31.9 Å². The molecule has 1 heterocycles. The molecule has 1 saturated heterocycles. The Morgan fingerprint density at radius 3 is 2.17 bits per heavy atom. The summed E-state index contributed by atoms with van der Waals surface area (Å²) in [6, 6.07) is 4.13. The number of benzene rings is 1. The first-order valence-electron chi connectivity index (χ1n) is 7.63. The fourth-order valence-electron chi connectivity index (χ4n) is 3.39. The van der Waals surface area contributed by atoms with Crippen molar-refractivity contribution in [3.8, 4) is 0 Å². The van der Waals surface area contributed by atoms with Gasteiger partial charge in [0.1, 0.15) is 5.60 Å². The van der Waals surface area contributed by atoms with Gasteiger partial charge in [0.05, 0.1) is 5.41 Å². The van der Waals surface area contributed by atoms with Crippen LogP contribution in [0.2, 0.25) is 0 Å². The maximum atomic E-state index is 12.9. The minimum absolute atomic E-state index is 0.102. The van der Waals surface area contributed by atoms with Crippen molar-refractivity contribution in [2.24, 2.45) is 5.41 Å². The molecule has 0 N–H and O–H groups in total. The van der Waals surface area contributed by atoms with Crippen molar-refractivity contribution in [1.82, 2.24) is 4.90 Å². The number of rotatable bonds is 0. The standard InChI is InChI=1S/C17H19Br2NO3/c1-16(2,3)23-15(22)20-5-4-17(14(20)21)8-10-6-12(18)13(19)7-11(10)9-17/h6-7H,4-5,8-9H2,1-3H3. The Kier molecular flexibility index (Phi) is 4.12. The topological polar surface area (TPSA) is 46.6 Å². The molecule has 0 unspecified atom stereocenters. The highest BCUT2D eigenvalue weighted by Crippen LogP contribution is 2.46. The minimum atomic E-state index is -0.596. The van der Waals surface area contributed by atoms with Gasteiger partial charge in [0.25, 0.3) is 0 Å². The van der Waals surface area contributed by atoms with Crippen LogP contribution in [0.15, 0.2) is 21.1 Å². The Balaban J connectivity index is 1.81. The lowest BCUT2D eigenvalue weighted by Gasteiger charge is -2.25. The van der Waals surface area contributed by atoms with E-state index in [1.807, 2.05) is 20.8 Å². The summed E-state index contributed by atoms with van der Waals surface area (Å²) in [5.41, 5.74) is 1.28. The monoisotopic (exact) mass is 443 g/mol. The number of fused-ring (bicyclic) bond motifs is 1. The maximum Gasteiger partial charge on any atom is 0.417 e. The zero-order chi connectivity index (χ0) is 17.0. The summed E-state index contributed by atoms with van der Waals surface area (Å²) in [4.78, 5) is 26.4. The van der Waals surface area contributed by atoms with E-state index in [-0.39, 0.29) is 5.91 Å². The van der Waals surface area contributed by atoms with Crippen LogP contribution in [0.1, 0.15) is 38.3 Å². The quantitative estimate of drug-likeness (QED) is 0.593. The van der Waals surface area contributed by atoms with Crippen LogP contribution in [0, 0.1) is 5.41 Å². The first kappa shape index (κ1) is 17.0. The number of likely N-dealkylation sites (tertiary alicyclic amines) is 1. The molecule has 2 aliphatic rings. The van der Waals surface area contributed by atoms with E-state index in [4.69, 9.17) is 4.74 Å². The lowest BCUT2D eigenvalue weighted by atomic mass is 9.83. The number of ether oxygens (including phenoxy) is 1. The summed E-state index contributed by atoms with van der Waals surface area (Å²) in [6.45, 7) is 5.86. The van der Waals surface area contributed by atoms with Gasteiger partial charge in [-0.3, -0.25) is 4.79 Å². The molecular weight excluding hydrogens is 426 g/mol. The second-order valence-corrected chi connectivity index (χ2v) is 9.06. The Bertz CT molecular complexity index is 663. The van der Waals surface area contributed by atoms with Crippen molar-refractivity contribution in [3.05, 3.63) is 32.2 Å². The zero-order valence-electron chi connectivity index (χ0n) is 13.4. The molecule has 6 heteroatoms. The molecule has 3 rings (SSSR count). The molecule has 1 aliphatic carbocycles. The Morgan fingerprint density at radius 1 is 1.17 bits per heavy atom. The van der Waals surface area contributed by atoms with Crippen LogP contribution in [0.3, 0.4) is 0 Å². The zero-order valence-corrected chi connectivity index (χ0v) is 16.6. The third-order valence-corrected chi connectivity index (χ3v) is 6.27. The molecular formula is C17H19Br2NO3. The molecule has 2 amide bonds. The van der Waals surface area contributed by atoms with Crippen LogP contribution in [0.25, 0.3) is 0 Å². The first-order chi connectivity index (χ1) is 10.6. The number of nitrogens with zero attached hydrogens (tertiary/aromatic N) is 1. The van der Waals surface area contributed by atoms with Crippen LogP contribution in [0.4, 0.5) is 4.79 Å². The van der Waals surface area contributed by atoms with Crippen molar-refractivity contribution in [1.29, 1.82) is 0 Å². The summed E-state index contributed by atoms with van der Waals surface area (Å²) in [7, 11) is 0. The molecule has 1 aliphatic heterocycles. The van der Waals surface area contributed by atoms with E-state index in [2.05, 4.69) is 44.0 Å². The molecule has 0 atom stereocenters. The highest BCUT2D eigenvalue weighted by Gasteiger charge is 2.52. The van der Waals surface area contributed by atoms with E-state index in [0.29, 0.717) is 25.8 Å². The number of halogens is 2. The van der Waals surface area contributed by atoms with Gasteiger partial charge in [0.15, 0.2) is 0 Å². The largest absolute Gasteiger partial charge is 0.443 e. The SMILES string of the molecule is CC(C)(C)OC(=O)N1CCC2(Cc3cc(Br)c(Br)cc3C2)C1=O. The maximum absolute atomic E-state index is 12.9. The van der Waals surface area contributed by atoms with E-state index in [1.165, 1.54) is 16.0 Å². The summed E-state index contributed by atoms with van der Waals surface area (Å²) in [6.07, 6.45) is 1.53. The van der Waals surface area contributed by atoms with E-state index in [1.54, 1.807) is 0 Å². The first-order valence-corrected chi connectivity index (χ1v) is 9.22. The number of imide groups is 1. The summed E-state index contributed by atoms with van der Waals surface area (Å²) in [5, 5.41) is 0. The van der Waals surface area contributed by atoms with E-state index >= 15 is 0 Å². The molecule has 0 bridgehead atoms. The molecule has 1 spiro atoms. The number of hydrogen-bond donors (Lipinski definition) is 0. The molecule has 124 valence electrons. The summed E-state index contributed by atoms with van der Waals surface area (Å²) < 4.78 is 7.34. The highest BCUT2D eigenvalue weighted by molar-refractivity contribution is 9.13. The minimum Gasteiger partial charge on any atom is -0.443 e. The Labute approximate surface area is 152 Å². The fraction of sp³-hybridized carbons (Fsp3) is 0.529. The van der Waals surface area contributed by atoms with Crippen LogP contribution in [-0.4, -0.2) is 29.0 Å². The lowest BCUT2D eigenvalue weighted by molar-refractivity contribution is -0.134. The molecule has 23 heavy (non-hydrogen) atoms. The number of hydrogen-bond acceptors (Lipinski definition) is 3. The third-order valence-electron chi connectivity index (χ3n) is 4.43. The van der Waals surface area contributed by atoms with Gasteiger partial charge in [0, 0.05) is 15.5 Å². The van der Waals surface area contributed by atoms with Crippen molar-refractivity contribution in [2.75, 3.05) is 6.54 Å². The van der Waals surface area contributed by atoms with Crippen molar-refractivity contribution >= 4 is 43.9 Å². The average Bonchev–Trinajstić information content (AvgIpc) is 2.90. The molecule has 1 aromatic carbocycles. The van der Waals surface area contributed by atoms with E-state index in [9.17, 15) is 9.59 Å². The summed E-state index contributed by atoms with van der Waals surface area (Å²) in [5.74, 6) is -0.102. The fourth-order valence-corrected chi connectivity index (χ4v) is 4.17. The van der Waals surface area contributed by atoms with Gasteiger partial charge in [-0.2, -0.15) is 0 Å². The van der Waals surface area contributed by atoms with Gasteiger partial charge in [-0.25, -0.2) is 9.69 Å². The predicted molar refractivity (Wildman–Crippen MR) is 94.2 cm³/mol. The number of amides is 2. The molecule has 1 aromatic rings. The lowest BCUT2D eigenvalue weighted by Crippen LogP contribution is -2.41. The molecule has 4 nitrogen and oxygen atoms in total. The molecule has 1 fully saturated rings. The third kappa shape index (κ3) is 3.07. The van der Waals surface area contributed by atoms with Crippen molar-refractivity contribution < 1.29 is 14.3 Å². The predicted octanol–water partition coefficient (Wildman–Crippen LogP) is 4.46. The van der Waals surface area contributed by atoms with Gasteiger partial charge in [-0.05, 0) is 95.2 Å². The molecule has 0 radical (unpaired) electrons. The van der Waals surface area contributed by atoms with Gasteiger partial charge < -0.3 is 4.74 Å². The molecule has 0 aromatic heterocycles. The van der Waals surface area contributed by atoms with E-state index in [0.717, 1.165) is 8.95 Å². The summed E-state index contributed by atoms with van der Waals surface area (Å²) >= 11 is 7.03. The van der Waals surface area contributed by atoms with Gasteiger partial charge in [-0.15, -0.1) is 0 Å². The Hall–Kier alpha value is -0.880. The number of carbonyl (C=O) groups excluding carboxylic acids is 2. The Morgan fingerprint density at radius 2 is 1.70 bits per heavy atom. The van der Waals surface area contributed by atoms with Gasteiger partial charge >= 0.3 is 6.09 Å². The molecule has 0 saturated carbocycles. The average molecular weight is 445 g/mol. The second-order valence-electron chi connectivity index (χ2n) is 7.36. The van der Waals surface area contributed by atoms with Gasteiger partial charge in [0.2, 0.25) is 5.91 Å². The van der Waals surface area contributed by atoms with E-state index < -0.39 is 17.1 Å². The second kappa shape index (κ2) is 5.59.